The standard InChI is InChI=1S/C6H14O4/c7-3-1-5-9-10-6-2-4-8/h7-8H,1-6H2. The summed E-state index contributed by atoms with van der Waals surface area (Å²) in [6, 6.07) is 0. The fourth-order valence-electron chi connectivity index (χ4n) is 0.365. The van der Waals surface area contributed by atoms with Crippen LogP contribution >= 0.6 is 0 Å². The Hall–Kier alpha value is -0.160. The van der Waals surface area contributed by atoms with Crippen LogP contribution in [-0.2, 0) is 9.78 Å². The van der Waals surface area contributed by atoms with E-state index in [0.717, 1.165) is 0 Å². The molecule has 4 nitrogen and oxygen atoms in total. The van der Waals surface area contributed by atoms with Gasteiger partial charge in [-0.15, -0.1) is 0 Å². The van der Waals surface area contributed by atoms with Gasteiger partial charge in [-0.1, -0.05) is 0 Å². The van der Waals surface area contributed by atoms with E-state index in [4.69, 9.17) is 10.2 Å². The highest BCUT2D eigenvalue weighted by Crippen LogP contribution is 1.85. The Morgan fingerprint density at radius 1 is 0.800 bits per heavy atom. The van der Waals surface area contributed by atoms with Crippen LogP contribution in [0.15, 0.2) is 0 Å². The van der Waals surface area contributed by atoms with Crippen molar-refractivity contribution in [3.05, 3.63) is 0 Å². The zero-order chi connectivity index (χ0) is 7.66. The lowest BCUT2D eigenvalue weighted by atomic mass is 10.5. The first-order valence-electron chi connectivity index (χ1n) is 3.38. The Labute approximate surface area is 60.3 Å². The maximum absolute atomic E-state index is 8.29. The van der Waals surface area contributed by atoms with Crippen molar-refractivity contribution in [3.8, 4) is 0 Å². The minimum atomic E-state index is 0.114. The molecule has 0 fully saturated rings. The van der Waals surface area contributed by atoms with Gasteiger partial charge in [0.25, 0.3) is 0 Å². The van der Waals surface area contributed by atoms with E-state index in [-0.39, 0.29) is 13.2 Å². The van der Waals surface area contributed by atoms with Crippen molar-refractivity contribution < 1.29 is 20.0 Å². The second-order valence-corrected chi connectivity index (χ2v) is 1.80. The second kappa shape index (κ2) is 8.84. The normalized spacial score (nSPS) is 10.2. The highest BCUT2D eigenvalue weighted by molar-refractivity contribution is 4.27. The molecular formula is C6H14O4. The van der Waals surface area contributed by atoms with Gasteiger partial charge in [0, 0.05) is 13.2 Å². The summed E-state index contributed by atoms with van der Waals surface area (Å²) < 4.78 is 0. The molecule has 0 aromatic carbocycles. The van der Waals surface area contributed by atoms with E-state index >= 15 is 0 Å². The first-order chi connectivity index (χ1) is 4.91. The van der Waals surface area contributed by atoms with Gasteiger partial charge in [0.15, 0.2) is 0 Å². The summed E-state index contributed by atoms with van der Waals surface area (Å²) in [5.74, 6) is 0. The van der Waals surface area contributed by atoms with Crippen molar-refractivity contribution in [3.63, 3.8) is 0 Å². The molecule has 0 heterocycles. The van der Waals surface area contributed by atoms with Gasteiger partial charge >= 0.3 is 0 Å². The molecule has 10 heavy (non-hydrogen) atoms. The van der Waals surface area contributed by atoms with E-state index in [0.29, 0.717) is 26.1 Å². The Bertz CT molecular complexity index is 49.7. The van der Waals surface area contributed by atoms with E-state index < -0.39 is 0 Å². The van der Waals surface area contributed by atoms with Crippen LogP contribution in [0.25, 0.3) is 0 Å². The summed E-state index contributed by atoms with van der Waals surface area (Å²) in [6.45, 7) is 1.04. The molecule has 0 bridgehead atoms. The van der Waals surface area contributed by atoms with Crippen LogP contribution in [0, 0.1) is 0 Å². The van der Waals surface area contributed by atoms with Crippen LogP contribution in [-0.4, -0.2) is 36.6 Å². The average molecular weight is 150 g/mol. The van der Waals surface area contributed by atoms with Crippen molar-refractivity contribution in [2.75, 3.05) is 26.4 Å². The van der Waals surface area contributed by atoms with Gasteiger partial charge in [-0.3, -0.25) is 0 Å². The SMILES string of the molecule is OCCCOOCCCO. The number of aliphatic hydroxyl groups excluding tert-OH is 2. The van der Waals surface area contributed by atoms with E-state index in [1.807, 2.05) is 0 Å². The smallest absolute Gasteiger partial charge is 0.0844 e. The predicted molar refractivity (Wildman–Crippen MR) is 35.3 cm³/mol. The van der Waals surface area contributed by atoms with Crippen LogP contribution in [0.5, 0.6) is 0 Å². The van der Waals surface area contributed by atoms with E-state index in [9.17, 15) is 0 Å². The van der Waals surface area contributed by atoms with E-state index in [1.165, 1.54) is 0 Å². The number of aliphatic hydroxyl groups is 2. The van der Waals surface area contributed by atoms with Crippen molar-refractivity contribution in [1.29, 1.82) is 0 Å². The van der Waals surface area contributed by atoms with Crippen LogP contribution in [0.3, 0.4) is 0 Å². The topological polar surface area (TPSA) is 58.9 Å². The molecule has 0 aromatic rings. The number of rotatable bonds is 7. The van der Waals surface area contributed by atoms with Crippen LogP contribution in [0.1, 0.15) is 12.8 Å². The van der Waals surface area contributed by atoms with Crippen molar-refractivity contribution >= 4 is 0 Å². The van der Waals surface area contributed by atoms with Crippen molar-refractivity contribution in [2.45, 2.75) is 12.8 Å². The van der Waals surface area contributed by atoms with Gasteiger partial charge in [0.2, 0.25) is 0 Å². The van der Waals surface area contributed by atoms with Gasteiger partial charge < -0.3 is 10.2 Å². The summed E-state index contributed by atoms with van der Waals surface area (Å²) in [7, 11) is 0. The predicted octanol–water partition coefficient (Wildman–Crippen LogP) is -0.301. The largest absolute Gasteiger partial charge is 0.396 e. The summed E-state index contributed by atoms with van der Waals surface area (Å²) in [6.07, 6.45) is 1.16. The maximum atomic E-state index is 8.29. The summed E-state index contributed by atoms with van der Waals surface area (Å²) in [5.41, 5.74) is 0. The van der Waals surface area contributed by atoms with Crippen molar-refractivity contribution in [2.24, 2.45) is 0 Å². The van der Waals surface area contributed by atoms with Gasteiger partial charge in [-0.05, 0) is 12.8 Å². The molecule has 0 aromatic heterocycles. The molecule has 0 aliphatic carbocycles. The molecule has 0 amide bonds. The zero-order valence-electron chi connectivity index (χ0n) is 5.95. The Morgan fingerprint density at radius 2 is 1.20 bits per heavy atom. The van der Waals surface area contributed by atoms with Crippen LogP contribution in [0.2, 0.25) is 0 Å². The zero-order valence-corrected chi connectivity index (χ0v) is 5.95. The number of hydrogen-bond acceptors (Lipinski definition) is 4. The first kappa shape index (κ1) is 9.84. The lowest BCUT2D eigenvalue weighted by Gasteiger charge is -2.00. The maximum Gasteiger partial charge on any atom is 0.0844 e. The van der Waals surface area contributed by atoms with Crippen LogP contribution in [0.4, 0.5) is 0 Å². The molecule has 0 aliphatic rings. The minimum absolute atomic E-state index is 0.114. The highest BCUT2D eigenvalue weighted by Gasteiger charge is 1.87. The third kappa shape index (κ3) is 7.84. The van der Waals surface area contributed by atoms with E-state index in [2.05, 4.69) is 9.78 Å². The number of hydrogen-bond donors (Lipinski definition) is 2. The van der Waals surface area contributed by atoms with Gasteiger partial charge in [-0.2, -0.15) is 0 Å². The average Bonchev–Trinajstić information content (AvgIpc) is 1.97. The molecule has 62 valence electrons. The second-order valence-electron chi connectivity index (χ2n) is 1.80. The third-order valence-corrected chi connectivity index (χ3v) is 0.855. The Morgan fingerprint density at radius 3 is 1.50 bits per heavy atom. The molecule has 2 N–H and O–H groups in total. The van der Waals surface area contributed by atoms with Crippen molar-refractivity contribution in [1.82, 2.24) is 0 Å². The molecule has 0 rings (SSSR count). The Balaban J connectivity index is 2.65. The molecular weight excluding hydrogens is 136 g/mol. The fourth-order valence-corrected chi connectivity index (χ4v) is 0.365. The molecule has 0 unspecified atom stereocenters. The lowest BCUT2D eigenvalue weighted by Crippen LogP contribution is -2.01. The molecule has 0 saturated heterocycles. The molecule has 0 saturated carbocycles. The van der Waals surface area contributed by atoms with Gasteiger partial charge in [0.05, 0.1) is 13.2 Å². The van der Waals surface area contributed by atoms with Gasteiger partial charge in [0.1, 0.15) is 0 Å². The van der Waals surface area contributed by atoms with E-state index in [1.54, 1.807) is 0 Å². The molecule has 4 heteroatoms. The minimum Gasteiger partial charge on any atom is -0.396 e. The van der Waals surface area contributed by atoms with Crippen LogP contribution < -0.4 is 0 Å². The summed E-state index contributed by atoms with van der Waals surface area (Å²) in [4.78, 5) is 9.21. The summed E-state index contributed by atoms with van der Waals surface area (Å²) in [5, 5.41) is 16.6. The fraction of sp³-hybridized carbons (Fsp3) is 1.00. The highest BCUT2D eigenvalue weighted by atomic mass is 17.2. The Kier molecular flexibility index (Phi) is 8.70. The molecule has 0 aliphatic heterocycles. The first-order valence-corrected chi connectivity index (χ1v) is 3.38. The summed E-state index contributed by atoms with van der Waals surface area (Å²) >= 11 is 0. The lowest BCUT2D eigenvalue weighted by molar-refractivity contribution is -0.296. The molecule has 0 radical (unpaired) electrons. The molecule has 0 atom stereocenters. The van der Waals surface area contributed by atoms with Gasteiger partial charge in [-0.25, -0.2) is 9.78 Å². The third-order valence-electron chi connectivity index (χ3n) is 0.855. The monoisotopic (exact) mass is 150 g/mol. The quantitative estimate of drug-likeness (QED) is 0.297. The molecule has 0 spiro atoms.